The largest absolute Gasteiger partial charge is 0.228 e. The van der Waals surface area contributed by atoms with Gasteiger partial charge in [0.05, 0.1) is 16.8 Å². The fourth-order valence-electron chi connectivity index (χ4n) is 9.86. The lowest BCUT2D eigenvalue weighted by atomic mass is 9.67. The first-order chi connectivity index (χ1) is 30.7. The first-order valence-corrected chi connectivity index (χ1v) is 22.0. The summed E-state index contributed by atoms with van der Waals surface area (Å²) in [6.07, 6.45) is 0. The van der Waals surface area contributed by atoms with Crippen LogP contribution >= 0.6 is 11.3 Å². The van der Waals surface area contributed by atoms with Crippen LogP contribution in [-0.2, 0) is 5.41 Å². The zero-order valence-corrected chi connectivity index (χ0v) is 34.6. The van der Waals surface area contributed by atoms with Gasteiger partial charge in [-0.2, -0.15) is 0 Å². The van der Waals surface area contributed by atoms with E-state index in [1.165, 1.54) is 70.2 Å². The van der Waals surface area contributed by atoms with Gasteiger partial charge in [0, 0.05) is 36.9 Å². The summed E-state index contributed by atoms with van der Waals surface area (Å²) in [6.45, 7) is 0. The molecule has 2 heterocycles. The molecule has 290 valence electrons. The first-order valence-electron chi connectivity index (χ1n) is 21.1. The SMILES string of the molecule is c1ccc(-c2nc(-c3ccc(-c4ccccc4-c4ccc5sc6ccccc6c5c4)cc3)cc(-c3cccc4c3-c3ccccc3C4(c3ccccc3)c3ccccc3)n2)cc1. The summed E-state index contributed by atoms with van der Waals surface area (Å²) in [5.74, 6) is 0.699. The molecule has 0 radical (unpaired) electrons. The molecule has 62 heavy (non-hydrogen) atoms. The van der Waals surface area contributed by atoms with Gasteiger partial charge in [0.2, 0.25) is 0 Å². The smallest absolute Gasteiger partial charge is 0.160 e. The highest BCUT2D eigenvalue weighted by Gasteiger charge is 2.46. The molecule has 0 N–H and O–H groups in total. The van der Waals surface area contributed by atoms with Gasteiger partial charge in [-0.1, -0.05) is 206 Å². The molecule has 2 aromatic heterocycles. The Morgan fingerprint density at radius 2 is 0.855 bits per heavy atom. The van der Waals surface area contributed by atoms with Gasteiger partial charge in [-0.25, -0.2) is 9.97 Å². The molecule has 0 amide bonds. The van der Waals surface area contributed by atoms with Crippen molar-refractivity contribution in [3.63, 3.8) is 0 Å². The molecular formula is C59H38N2S. The van der Waals surface area contributed by atoms with Crippen LogP contribution in [0.15, 0.2) is 231 Å². The third kappa shape index (κ3) is 5.78. The molecule has 0 saturated carbocycles. The van der Waals surface area contributed by atoms with Crippen molar-refractivity contribution >= 4 is 31.5 Å². The zero-order valence-electron chi connectivity index (χ0n) is 33.7. The van der Waals surface area contributed by atoms with Gasteiger partial charge in [0.1, 0.15) is 0 Å². The minimum Gasteiger partial charge on any atom is -0.228 e. The van der Waals surface area contributed by atoms with Crippen LogP contribution in [0.25, 0.3) is 87.5 Å². The fraction of sp³-hybridized carbons (Fsp3) is 0.0169. The molecular weight excluding hydrogens is 769 g/mol. The lowest BCUT2D eigenvalue weighted by molar-refractivity contribution is 0.768. The molecule has 0 unspecified atom stereocenters. The van der Waals surface area contributed by atoms with Crippen LogP contribution in [0, 0.1) is 0 Å². The van der Waals surface area contributed by atoms with E-state index in [9.17, 15) is 0 Å². The average Bonchev–Trinajstić information content (AvgIpc) is 3.88. The third-order valence-corrected chi connectivity index (χ3v) is 13.8. The average molecular weight is 807 g/mol. The third-order valence-electron chi connectivity index (χ3n) is 12.6. The summed E-state index contributed by atoms with van der Waals surface area (Å²) in [6, 6.07) is 83.4. The molecule has 0 atom stereocenters. The first kappa shape index (κ1) is 36.2. The second kappa shape index (κ2) is 14.8. The summed E-state index contributed by atoms with van der Waals surface area (Å²) in [5, 5.41) is 2.62. The topological polar surface area (TPSA) is 25.8 Å². The summed E-state index contributed by atoms with van der Waals surface area (Å²) >= 11 is 1.85. The van der Waals surface area contributed by atoms with Crippen LogP contribution in [0.4, 0.5) is 0 Å². The maximum Gasteiger partial charge on any atom is 0.160 e. The predicted octanol–water partition coefficient (Wildman–Crippen LogP) is 15.5. The maximum absolute atomic E-state index is 5.38. The molecule has 11 aromatic rings. The van der Waals surface area contributed by atoms with Crippen LogP contribution in [0.5, 0.6) is 0 Å². The van der Waals surface area contributed by atoms with Crippen molar-refractivity contribution in [3.8, 4) is 67.3 Å². The quantitative estimate of drug-likeness (QED) is 0.160. The summed E-state index contributed by atoms with van der Waals surface area (Å²) < 4.78 is 2.63. The minimum absolute atomic E-state index is 0.502. The van der Waals surface area contributed by atoms with Gasteiger partial charge in [-0.05, 0) is 79.9 Å². The highest BCUT2D eigenvalue weighted by molar-refractivity contribution is 7.25. The van der Waals surface area contributed by atoms with Crippen molar-refractivity contribution in [1.82, 2.24) is 9.97 Å². The summed E-state index contributed by atoms with van der Waals surface area (Å²) in [4.78, 5) is 10.6. The van der Waals surface area contributed by atoms with Crippen LogP contribution < -0.4 is 0 Å². The Labute approximate surface area is 365 Å². The van der Waals surface area contributed by atoms with E-state index in [1.807, 2.05) is 17.4 Å². The van der Waals surface area contributed by atoms with Crippen LogP contribution in [0.2, 0.25) is 0 Å². The van der Waals surface area contributed by atoms with Crippen molar-refractivity contribution in [1.29, 1.82) is 0 Å². The fourth-order valence-corrected chi connectivity index (χ4v) is 10.9. The summed E-state index contributed by atoms with van der Waals surface area (Å²) in [5.41, 5.74) is 16.6. The number of hydrogen-bond acceptors (Lipinski definition) is 3. The van der Waals surface area contributed by atoms with Gasteiger partial charge in [0.15, 0.2) is 5.82 Å². The van der Waals surface area contributed by atoms with Crippen LogP contribution in [-0.4, -0.2) is 9.97 Å². The second-order valence-corrected chi connectivity index (χ2v) is 17.1. The van der Waals surface area contributed by atoms with Gasteiger partial charge < -0.3 is 0 Å². The van der Waals surface area contributed by atoms with Gasteiger partial charge in [0.25, 0.3) is 0 Å². The Kier molecular flexibility index (Phi) is 8.62. The van der Waals surface area contributed by atoms with E-state index in [0.29, 0.717) is 5.82 Å². The van der Waals surface area contributed by atoms with Gasteiger partial charge in [-0.15, -0.1) is 11.3 Å². The predicted molar refractivity (Wildman–Crippen MR) is 259 cm³/mol. The molecule has 0 bridgehead atoms. The number of thiophene rings is 1. The number of benzene rings is 9. The molecule has 2 nitrogen and oxygen atoms in total. The monoisotopic (exact) mass is 806 g/mol. The van der Waals surface area contributed by atoms with E-state index < -0.39 is 5.41 Å². The Hall–Kier alpha value is -7.72. The van der Waals surface area contributed by atoms with E-state index in [4.69, 9.17) is 9.97 Å². The Morgan fingerprint density at radius 1 is 0.323 bits per heavy atom. The van der Waals surface area contributed by atoms with Crippen LogP contribution in [0.1, 0.15) is 22.3 Å². The molecule has 0 fully saturated rings. The summed E-state index contributed by atoms with van der Waals surface area (Å²) in [7, 11) is 0. The lowest BCUT2D eigenvalue weighted by Crippen LogP contribution is -2.28. The maximum atomic E-state index is 5.38. The Morgan fingerprint density at radius 3 is 1.60 bits per heavy atom. The van der Waals surface area contributed by atoms with E-state index >= 15 is 0 Å². The Bertz CT molecular complexity index is 3400. The van der Waals surface area contributed by atoms with E-state index in [2.05, 4.69) is 224 Å². The van der Waals surface area contributed by atoms with Crippen LogP contribution in [0.3, 0.4) is 0 Å². The lowest BCUT2D eigenvalue weighted by Gasteiger charge is -2.33. The van der Waals surface area contributed by atoms with E-state index in [0.717, 1.165) is 33.6 Å². The molecule has 0 saturated heterocycles. The molecule has 0 spiro atoms. The van der Waals surface area contributed by atoms with Crippen molar-refractivity contribution < 1.29 is 0 Å². The van der Waals surface area contributed by atoms with Crippen molar-refractivity contribution in [3.05, 3.63) is 253 Å². The number of nitrogens with zero attached hydrogens (tertiary/aromatic N) is 2. The molecule has 9 aromatic carbocycles. The van der Waals surface area contributed by atoms with Crippen molar-refractivity contribution in [2.75, 3.05) is 0 Å². The zero-order chi connectivity index (χ0) is 41.0. The number of fused-ring (bicyclic) bond motifs is 6. The van der Waals surface area contributed by atoms with E-state index in [1.54, 1.807) is 0 Å². The minimum atomic E-state index is -0.502. The standard InChI is InChI=1S/C59H38N2S/c1-4-17-41(18-5-1)58-60-53(40-33-31-39(32-34-40)45-23-10-11-24-46(45)42-35-36-56-50(37-42)47-25-13-15-30-55(47)62-56)38-54(61-58)49-27-16-29-52-57(49)48-26-12-14-28-51(48)59(52,43-19-6-2-7-20-43)44-21-8-3-9-22-44/h1-38H. The highest BCUT2D eigenvalue weighted by atomic mass is 32.1. The molecule has 0 aliphatic heterocycles. The molecule has 3 heteroatoms. The number of hydrogen-bond donors (Lipinski definition) is 0. The normalized spacial score (nSPS) is 12.6. The van der Waals surface area contributed by atoms with Crippen molar-refractivity contribution in [2.24, 2.45) is 0 Å². The molecule has 1 aliphatic rings. The molecule has 12 rings (SSSR count). The van der Waals surface area contributed by atoms with Crippen molar-refractivity contribution in [2.45, 2.75) is 5.41 Å². The van der Waals surface area contributed by atoms with E-state index in [-0.39, 0.29) is 0 Å². The van der Waals surface area contributed by atoms with Gasteiger partial charge in [-0.3, -0.25) is 0 Å². The highest BCUT2D eigenvalue weighted by Crippen LogP contribution is 2.58. The molecule has 1 aliphatic carbocycles. The number of aromatic nitrogens is 2. The van der Waals surface area contributed by atoms with Gasteiger partial charge >= 0.3 is 0 Å². The second-order valence-electron chi connectivity index (χ2n) is 16.0. The number of rotatable bonds is 7. The Balaban J connectivity index is 1.00.